The smallest absolute Gasteiger partial charge is 0.271 e. The van der Waals surface area contributed by atoms with Gasteiger partial charge in [0, 0.05) is 24.2 Å². The summed E-state index contributed by atoms with van der Waals surface area (Å²) in [5.41, 5.74) is 0.286. The van der Waals surface area contributed by atoms with E-state index in [1.165, 1.54) is 18.2 Å². The summed E-state index contributed by atoms with van der Waals surface area (Å²) < 4.78 is -1.85. The SMILES string of the molecule is CCCCCC(=O)NC(NC(=S)Nc1cccc([N+](=O)[O-])c1)C(Cl)(Cl)Cl. The summed E-state index contributed by atoms with van der Waals surface area (Å²) in [6.45, 7) is 2.03. The van der Waals surface area contributed by atoms with Crippen LogP contribution in [0.5, 0.6) is 0 Å². The van der Waals surface area contributed by atoms with E-state index in [0.717, 1.165) is 19.3 Å². The summed E-state index contributed by atoms with van der Waals surface area (Å²) in [6, 6.07) is 5.75. The molecule has 11 heteroatoms. The van der Waals surface area contributed by atoms with Gasteiger partial charge in [0.05, 0.1) is 4.92 Å². The molecule has 0 saturated carbocycles. The number of thiocarbonyl (C=S) groups is 1. The van der Waals surface area contributed by atoms with Crippen molar-refractivity contribution >= 4 is 69.4 Å². The van der Waals surface area contributed by atoms with Crippen LogP contribution in [-0.4, -0.2) is 25.9 Å². The summed E-state index contributed by atoms with van der Waals surface area (Å²) in [5, 5.41) is 18.9. The Morgan fingerprint density at radius 1 is 1.31 bits per heavy atom. The monoisotopic (exact) mass is 440 g/mol. The number of rotatable bonds is 8. The lowest BCUT2D eigenvalue weighted by Gasteiger charge is -2.27. The second kappa shape index (κ2) is 10.7. The number of hydrogen-bond donors (Lipinski definition) is 3. The number of benzene rings is 1. The highest BCUT2D eigenvalue weighted by Gasteiger charge is 2.34. The van der Waals surface area contributed by atoms with Gasteiger partial charge in [-0.3, -0.25) is 14.9 Å². The van der Waals surface area contributed by atoms with Gasteiger partial charge in [0.15, 0.2) is 5.11 Å². The van der Waals surface area contributed by atoms with Crippen LogP contribution >= 0.6 is 47.0 Å². The fourth-order valence-electron chi connectivity index (χ4n) is 1.96. The maximum Gasteiger partial charge on any atom is 0.271 e. The van der Waals surface area contributed by atoms with Crippen LogP contribution in [0.3, 0.4) is 0 Å². The van der Waals surface area contributed by atoms with E-state index in [0.29, 0.717) is 12.1 Å². The van der Waals surface area contributed by atoms with E-state index in [1.54, 1.807) is 6.07 Å². The summed E-state index contributed by atoms with van der Waals surface area (Å²) in [4.78, 5) is 22.3. The molecule has 0 spiro atoms. The van der Waals surface area contributed by atoms with Crippen molar-refractivity contribution in [2.45, 2.75) is 42.6 Å². The molecule has 0 aliphatic heterocycles. The van der Waals surface area contributed by atoms with E-state index in [-0.39, 0.29) is 16.7 Å². The van der Waals surface area contributed by atoms with Gasteiger partial charge in [-0.1, -0.05) is 60.6 Å². The van der Waals surface area contributed by atoms with Crippen molar-refractivity contribution in [1.29, 1.82) is 0 Å². The standard InChI is InChI=1S/C15H19Cl3N4O3S/c1-2-3-4-8-12(23)20-13(15(16,17)18)21-14(26)19-10-6-5-7-11(9-10)22(24)25/h5-7,9,13H,2-4,8H2,1H3,(H,20,23)(H2,19,21,26). The van der Waals surface area contributed by atoms with Crippen LogP contribution in [0.25, 0.3) is 0 Å². The van der Waals surface area contributed by atoms with Crippen LogP contribution in [0.2, 0.25) is 0 Å². The molecule has 1 aromatic rings. The Bertz CT molecular complexity index is 655. The molecular formula is C15H19Cl3N4O3S. The molecular weight excluding hydrogens is 423 g/mol. The maximum absolute atomic E-state index is 12.0. The van der Waals surface area contributed by atoms with Crippen LogP contribution < -0.4 is 16.0 Å². The second-order valence-corrected chi connectivity index (χ2v) is 8.18. The van der Waals surface area contributed by atoms with Gasteiger partial charge in [-0.2, -0.15) is 0 Å². The number of halogens is 3. The number of non-ortho nitro benzene ring substituents is 1. The molecule has 7 nitrogen and oxygen atoms in total. The van der Waals surface area contributed by atoms with Crippen molar-refractivity contribution in [3.05, 3.63) is 34.4 Å². The molecule has 0 fully saturated rings. The van der Waals surface area contributed by atoms with Gasteiger partial charge in [0.1, 0.15) is 6.17 Å². The number of hydrogen-bond acceptors (Lipinski definition) is 4. The Morgan fingerprint density at radius 3 is 2.58 bits per heavy atom. The minimum Gasteiger partial charge on any atom is -0.339 e. The third kappa shape index (κ3) is 8.35. The third-order valence-corrected chi connectivity index (χ3v) is 4.10. The number of nitrogens with zero attached hydrogens (tertiary/aromatic N) is 1. The van der Waals surface area contributed by atoms with Crippen molar-refractivity contribution in [1.82, 2.24) is 10.6 Å². The van der Waals surface area contributed by atoms with Crippen molar-refractivity contribution in [3.63, 3.8) is 0 Å². The van der Waals surface area contributed by atoms with Gasteiger partial charge in [0.25, 0.3) is 5.69 Å². The van der Waals surface area contributed by atoms with Gasteiger partial charge in [0.2, 0.25) is 9.70 Å². The first kappa shape index (κ1) is 22.7. The molecule has 1 amide bonds. The molecule has 144 valence electrons. The first-order valence-corrected chi connectivity index (χ1v) is 9.35. The van der Waals surface area contributed by atoms with Crippen LogP contribution in [0.1, 0.15) is 32.6 Å². The number of alkyl halides is 3. The Balaban J connectivity index is 2.70. The van der Waals surface area contributed by atoms with Gasteiger partial charge < -0.3 is 16.0 Å². The van der Waals surface area contributed by atoms with Gasteiger partial charge in [-0.25, -0.2) is 0 Å². The second-order valence-electron chi connectivity index (χ2n) is 5.41. The number of unbranched alkanes of at least 4 members (excludes halogenated alkanes) is 2. The van der Waals surface area contributed by atoms with Crippen molar-refractivity contribution in [3.8, 4) is 0 Å². The molecule has 0 aliphatic carbocycles. The average Bonchev–Trinajstić information content (AvgIpc) is 2.53. The number of nitro benzene ring substituents is 1. The van der Waals surface area contributed by atoms with Crippen LogP contribution in [0.15, 0.2) is 24.3 Å². The number of nitro groups is 1. The largest absolute Gasteiger partial charge is 0.339 e. The zero-order chi connectivity index (χ0) is 19.7. The summed E-state index contributed by atoms with van der Waals surface area (Å²) in [6.07, 6.45) is 1.87. The predicted molar refractivity (Wildman–Crippen MR) is 109 cm³/mol. The molecule has 1 aromatic carbocycles. The lowest BCUT2D eigenvalue weighted by molar-refractivity contribution is -0.384. The predicted octanol–water partition coefficient (Wildman–Crippen LogP) is 4.27. The Labute approximate surface area is 171 Å². The van der Waals surface area contributed by atoms with E-state index >= 15 is 0 Å². The molecule has 1 rings (SSSR count). The molecule has 0 saturated heterocycles. The zero-order valence-corrected chi connectivity index (χ0v) is 17.0. The molecule has 1 atom stereocenters. The summed E-state index contributed by atoms with van der Waals surface area (Å²) in [7, 11) is 0. The summed E-state index contributed by atoms with van der Waals surface area (Å²) >= 11 is 22.8. The molecule has 0 bridgehead atoms. The van der Waals surface area contributed by atoms with E-state index in [9.17, 15) is 14.9 Å². The molecule has 0 aromatic heterocycles. The quantitative estimate of drug-likeness (QED) is 0.139. The molecule has 26 heavy (non-hydrogen) atoms. The van der Waals surface area contributed by atoms with Crippen LogP contribution in [0.4, 0.5) is 11.4 Å². The van der Waals surface area contributed by atoms with Crippen molar-refractivity contribution < 1.29 is 9.72 Å². The van der Waals surface area contributed by atoms with Crippen molar-refractivity contribution in [2.24, 2.45) is 0 Å². The minimum atomic E-state index is -1.85. The molecule has 1 unspecified atom stereocenters. The topological polar surface area (TPSA) is 96.3 Å². The maximum atomic E-state index is 12.0. The Kier molecular flexibility index (Phi) is 9.35. The fourth-order valence-corrected chi connectivity index (χ4v) is 2.53. The molecule has 0 heterocycles. The van der Waals surface area contributed by atoms with Crippen molar-refractivity contribution in [2.75, 3.05) is 5.32 Å². The molecule has 0 radical (unpaired) electrons. The summed E-state index contributed by atoms with van der Waals surface area (Å²) in [5.74, 6) is -0.277. The number of carbonyl (C=O) groups excluding carboxylic acids is 1. The van der Waals surface area contributed by atoms with E-state index < -0.39 is 14.9 Å². The molecule has 3 N–H and O–H groups in total. The molecule has 0 aliphatic rings. The highest BCUT2D eigenvalue weighted by Crippen LogP contribution is 2.29. The Hall–Kier alpha value is -1.35. The van der Waals surface area contributed by atoms with E-state index in [2.05, 4.69) is 16.0 Å². The average molecular weight is 442 g/mol. The number of amides is 1. The van der Waals surface area contributed by atoms with Gasteiger partial charge >= 0.3 is 0 Å². The number of anilines is 1. The first-order chi connectivity index (χ1) is 12.1. The normalized spacial score (nSPS) is 12.2. The zero-order valence-electron chi connectivity index (χ0n) is 13.9. The van der Waals surface area contributed by atoms with Gasteiger partial charge in [-0.15, -0.1) is 0 Å². The van der Waals surface area contributed by atoms with E-state index in [4.69, 9.17) is 47.0 Å². The lowest BCUT2D eigenvalue weighted by Crippen LogP contribution is -2.56. The third-order valence-electron chi connectivity index (χ3n) is 3.23. The van der Waals surface area contributed by atoms with Crippen LogP contribution in [0, 0.1) is 10.1 Å². The number of carbonyl (C=O) groups is 1. The van der Waals surface area contributed by atoms with Gasteiger partial charge in [-0.05, 0) is 24.7 Å². The minimum absolute atomic E-state index is 0.0377. The fraction of sp³-hybridized carbons (Fsp3) is 0.467. The highest BCUT2D eigenvalue weighted by atomic mass is 35.6. The van der Waals surface area contributed by atoms with Crippen LogP contribution in [-0.2, 0) is 4.79 Å². The lowest BCUT2D eigenvalue weighted by atomic mass is 10.2. The number of nitrogens with one attached hydrogen (secondary N) is 3. The Morgan fingerprint density at radius 2 is 2.00 bits per heavy atom. The highest BCUT2D eigenvalue weighted by molar-refractivity contribution is 7.80. The van der Waals surface area contributed by atoms with E-state index in [1.807, 2.05) is 6.92 Å². The first-order valence-electron chi connectivity index (χ1n) is 7.81.